The van der Waals surface area contributed by atoms with E-state index in [4.69, 9.17) is 0 Å². The molecule has 2 aromatic carbocycles. The summed E-state index contributed by atoms with van der Waals surface area (Å²) in [5, 5.41) is 5.17. The zero-order valence-corrected chi connectivity index (χ0v) is 18.4. The van der Waals surface area contributed by atoms with Gasteiger partial charge in [0.15, 0.2) is 11.6 Å². The molecule has 2 fully saturated rings. The van der Waals surface area contributed by atoms with Gasteiger partial charge < -0.3 is 15.5 Å². The minimum Gasteiger partial charge on any atom is -0.372 e. The van der Waals surface area contributed by atoms with Crippen LogP contribution in [-0.2, 0) is 15.1 Å². The maximum absolute atomic E-state index is 13.7. The van der Waals surface area contributed by atoms with Crippen molar-refractivity contribution in [2.75, 3.05) is 29.9 Å². The van der Waals surface area contributed by atoms with Crippen molar-refractivity contribution in [2.24, 2.45) is 0 Å². The molecule has 0 saturated carbocycles. The molecule has 9 heteroatoms. The van der Waals surface area contributed by atoms with Gasteiger partial charge in [-0.3, -0.25) is 14.5 Å². The molecular weight excluding hydrogens is 430 g/mol. The van der Waals surface area contributed by atoms with Gasteiger partial charge in [-0.2, -0.15) is 0 Å². The Balaban J connectivity index is 1.40. The highest BCUT2D eigenvalue weighted by molar-refractivity contribution is 6.10. The van der Waals surface area contributed by atoms with Gasteiger partial charge in [-0.05, 0) is 61.7 Å². The summed E-state index contributed by atoms with van der Waals surface area (Å²) in [5.41, 5.74) is 0.132. The summed E-state index contributed by atoms with van der Waals surface area (Å²) < 4.78 is 26.9. The van der Waals surface area contributed by atoms with Crippen LogP contribution in [0, 0.1) is 11.6 Å². The Morgan fingerprint density at radius 1 is 1.00 bits per heavy atom. The van der Waals surface area contributed by atoms with Gasteiger partial charge in [0.05, 0.1) is 0 Å². The number of carbonyl (C=O) groups is 3. The Morgan fingerprint density at radius 2 is 1.67 bits per heavy atom. The highest BCUT2D eigenvalue weighted by Gasteiger charge is 2.49. The number of nitrogens with one attached hydrogen (secondary N) is 2. The summed E-state index contributed by atoms with van der Waals surface area (Å²) in [6.45, 7) is 2.90. The summed E-state index contributed by atoms with van der Waals surface area (Å²) in [5.74, 6) is -3.45. The van der Waals surface area contributed by atoms with Crippen molar-refractivity contribution in [3.63, 3.8) is 0 Å². The van der Waals surface area contributed by atoms with E-state index in [1.807, 2.05) is 12.1 Å². The second kappa shape index (κ2) is 9.17. The van der Waals surface area contributed by atoms with Gasteiger partial charge in [-0.25, -0.2) is 13.6 Å². The number of anilines is 2. The molecule has 33 heavy (non-hydrogen) atoms. The molecule has 7 nitrogen and oxygen atoms in total. The SMILES string of the molecule is C[C@@]1(c2ccc(F)c(F)c2)NC(=O)N(CC(=O)Nc2ccc(N3CCCCCC3)cc2)C1=O. The molecule has 2 saturated heterocycles. The van der Waals surface area contributed by atoms with Crippen LogP contribution in [0.1, 0.15) is 38.2 Å². The molecule has 0 radical (unpaired) electrons. The van der Waals surface area contributed by atoms with Crippen molar-refractivity contribution >= 4 is 29.2 Å². The molecule has 2 aliphatic rings. The second-order valence-corrected chi connectivity index (χ2v) is 8.57. The molecule has 0 aromatic heterocycles. The third kappa shape index (κ3) is 4.67. The van der Waals surface area contributed by atoms with Gasteiger partial charge >= 0.3 is 6.03 Å². The van der Waals surface area contributed by atoms with Gasteiger partial charge in [-0.1, -0.05) is 18.9 Å². The van der Waals surface area contributed by atoms with Crippen molar-refractivity contribution in [1.29, 1.82) is 0 Å². The van der Waals surface area contributed by atoms with E-state index in [1.54, 1.807) is 12.1 Å². The summed E-state index contributed by atoms with van der Waals surface area (Å²) in [6, 6.07) is 9.66. The maximum atomic E-state index is 13.7. The van der Waals surface area contributed by atoms with Crippen LogP contribution in [0.3, 0.4) is 0 Å². The number of benzene rings is 2. The average molecular weight is 456 g/mol. The van der Waals surface area contributed by atoms with Crippen LogP contribution >= 0.6 is 0 Å². The van der Waals surface area contributed by atoms with E-state index in [0.29, 0.717) is 5.69 Å². The Bertz CT molecular complexity index is 1070. The molecule has 4 amide bonds. The highest BCUT2D eigenvalue weighted by atomic mass is 19.2. The number of carbonyl (C=O) groups excluding carboxylic acids is 3. The number of amides is 4. The topological polar surface area (TPSA) is 81.8 Å². The molecule has 0 aliphatic carbocycles. The smallest absolute Gasteiger partial charge is 0.325 e. The lowest BCUT2D eigenvalue weighted by Gasteiger charge is -2.23. The molecule has 2 aromatic rings. The molecule has 2 aliphatic heterocycles. The lowest BCUT2D eigenvalue weighted by molar-refractivity contribution is -0.133. The van der Waals surface area contributed by atoms with E-state index in [0.717, 1.165) is 48.7 Å². The van der Waals surface area contributed by atoms with Gasteiger partial charge in [0.25, 0.3) is 5.91 Å². The second-order valence-electron chi connectivity index (χ2n) is 8.57. The zero-order valence-electron chi connectivity index (χ0n) is 18.4. The minimum atomic E-state index is -1.60. The fourth-order valence-electron chi connectivity index (χ4n) is 4.27. The lowest BCUT2D eigenvalue weighted by Crippen LogP contribution is -2.42. The number of hydrogen-bond donors (Lipinski definition) is 2. The molecule has 0 spiro atoms. The quantitative estimate of drug-likeness (QED) is 0.672. The average Bonchev–Trinajstić information content (AvgIpc) is 2.99. The lowest BCUT2D eigenvalue weighted by atomic mass is 9.92. The van der Waals surface area contributed by atoms with E-state index < -0.39 is 41.6 Å². The van der Waals surface area contributed by atoms with Crippen molar-refractivity contribution in [3.05, 3.63) is 59.7 Å². The number of hydrogen-bond acceptors (Lipinski definition) is 4. The van der Waals surface area contributed by atoms with E-state index in [-0.39, 0.29) is 5.56 Å². The van der Waals surface area contributed by atoms with Crippen LogP contribution in [0.4, 0.5) is 25.0 Å². The van der Waals surface area contributed by atoms with Crippen LogP contribution < -0.4 is 15.5 Å². The van der Waals surface area contributed by atoms with Gasteiger partial charge in [0.1, 0.15) is 12.1 Å². The van der Waals surface area contributed by atoms with Crippen LogP contribution in [0.25, 0.3) is 0 Å². The predicted octanol–water partition coefficient (Wildman–Crippen LogP) is 3.75. The third-order valence-electron chi connectivity index (χ3n) is 6.20. The molecule has 1 atom stereocenters. The molecular formula is C24H26F2N4O3. The maximum Gasteiger partial charge on any atom is 0.325 e. The Hall–Kier alpha value is -3.49. The standard InChI is InChI=1S/C24H26F2N4O3/c1-24(16-6-11-19(25)20(26)14-16)22(32)30(23(33)28-24)15-21(31)27-17-7-9-18(10-8-17)29-12-4-2-3-5-13-29/h6-11,14H,2-5,12-13,15H2,1H3,(H,27,31)(H,28,33)/t24-/m0/s1. The largest absolute Gasteiger partial charge is 0.372 e. The first-order chi connectivity index (χ1) is 15.8. The summed E-state index contributed by atoms with van der Waals surface area (Å²) in [6.07, 6.45) is 4.80. The normalized spacial score (nSPS) is 21.1. The van der Waals surface area contributed by atoms with E-state index >= 15 is 0 Å². The van der Waals surface area contributed by atoms with Crippen LogP contribution in [0.15, 0.2) is 42.5 Å². The van der Waals surface area contributed by atoms with E-state index in [2.05, 4.69) is 15.5 Å². The van der Waals surface area contributed by atoms with Gasteiger partial charge in [0.2, 0.25) is 5.91 Å². The highest BCUT2D eigenvalue weighted by Crippen LogP contribution is 2.30. The summed E-state index contributed by atoms with van der Waals surface area (Å²) in [4.78, 5) is 40.9. The molecule has 4 rings (SSSR count). The summed E-state index contributed by atoms with van der Waals surface area (Å²) in [7, 11) is 0. The van der Waals surface area contributed by atoms with Crippen LogP contribution in [-0.4, -0.2) is 42.4 Å². The van der Waals surface area contributed by atoms with Crippen molar-refractivity contribution in [1.82, 2.24) is 10.2 Å². The number of imide groups is 1. The minimum absolute atomic E-state index is 0.0896. The fourth-order valence-corrected chi connectivity index (χ4v) is 4.27. The first kappa shape index (κ1) is 22.7. The Labute approximate surface area is 190 Å². The van der Waals surface area contributed by atoms with Crippen molar-refractivity contribution < 1.29 is 23.2 Å². The molecule has 0 bridgehead atoms. The summed E-state index contributed by atoms with van der Waals surface area (Å²) >= 11 is 0. The Kier molecular flexibility index (Phi) is 6.31. The zero-order chi connectivity index (χ0) is 23.6. The molecule has 2 N–H and O–H groups in total. The fraction of sp³-hybridized carbons (Fsp3) is 0.375. The van der Waals surface area contributed by atoms with Crippen molar-refractivity contribution in [2.45, 2.75) is 38.1 Å². The first-order valence-corrected chi connectivity index (χ1v) is 11.0. The predicted molar refractivity (Wildman–Crippen MR) is 120 cm³/mol. The number of rotatable bonds is 5. The third-order valence-corrected chi connectivity index (χ3v) is 6.20. The monoisotopic (exact) mass is 456 g/mol. The van der Waals surface area contributed by atoms with E-state index in [1.165, 1.54) is 25.8 Å². The first-order valence-electron chi connectivity index (χ1n) is 11.0. The molecule has 2 heterocycles. The van der Waals surface area contributed by atoms with E-state index in [9.17, 15) is 23.2 Å². The van der Waals surface area contributed by atoms with Gasteiger partial charge in [-0.15, -0.1) is 0 Å². The van der Waals surface area contributed by atoms with Crippen molar-refractivity contribution in [3.8, 4) is 0 Å². The van der Waals surface area contributed by atoms with Crippen LogP contribution in [0.5, 0.6) is 0 Å². The number of nitrogens with zero attached hydrogens (tertiary/aromatic N) is 2. The number of urea groups is 1. The molecule has 174 valence electrons. The molecule has 0 unspecified atom stereocenters. The Morgan fingerprint density at radius 3 is 2.30 bits per heavy atom. The van der Waals surface area contributed by atoms with Gasteiger partial charge in [0, 0.05) is 24.5 Å². The number of halogens is 2. The van der Waals surface area contributed by atoms with Crippen LogP contribution in [0.2, 0.25) is 0 Å².